The second kappa shape index (κ2) is 6.20. The fourth-order valence-corrected chi connectivity index (χ4v) is 2.54. The Hall–Kier alpha value is -1.65. The summed E-state index contributed by atoms with van der Waals surface area (Å²) in [4.78, 5) is 23.0. The molecule has 0 radical (unpaired) electrons. The van der Waals surface area contributed by atoms with Gasteiger partial charge in [-0.25, -0.2) is 9.97 Å². The third-order valence-electron chi connectivity index (χ3n) is 3.65. The number of carbonyl (C=O) groups excluding carboxylic acids is 1. The minimum Gasteiger partial charge on any atom is -0.469 e. The van der Waals surface area contributed by atoms with Gasteiger partial charge in [0.1, 0.15) is 11.6 Å². The third-order valence-corrected chi connectivity index (χ3v) is 3.65. The molecule has 1 atom stereocenters. The number of methoxy groups -OCH3 is 1. The van der Waals surface area contributed by atoms with Crippen LogP contribution in [0.4, 0.5) is 5.82 Å². The molecule has 110 valence electrons. The molecule has 0 saturated carbocycles. The summed E-state index contributed by atoms with van der Waals surface area (Å²) in [5.41, 5.74) is 0.971. The highest BCUT2D eigenvalue weighted by molar-refractivity contribution is 5.73. The zero-order chi connectivity index (χ0) is 14.7. The molecule has 1 unspecified atom stereocenters. The van der Waals surface area contributed by atoms with Gasteiger partial charge in [0, 0.05) is 30.8 Å². The Morgan fingerprint density at radius 2 is 2.20 bits per heavy atom. The van der Waals surface area contributed by atoms with Crippen LogP contribution in [0.1, 0.15) is 44.1 Å². The van der Waals surface area contributed by atoms with Crippen molar-refractivity contribution in [2.75, 3.05) is 25.1 Å². The summed E-state index contributed by atoms with van der Waals surface area (Å²) in [5, 5.41) is 0. The van der Waals surface area contributed by atoms with Gasteiger partial charge in [-0.2, -0.15) is 0 Å². The maximum atomic E-state index is 11.7. The molecule has 1 aromatic rings. The van der Waals surface area contributed by atoms with Gasteiger partial charge in [-0.3, -0.25) is 4.79 Å². The second-order valence-electron chi connectivity index (χ2n) is 5.69. The first-order chi connectivity index (χ1) is 9.51. The van der Waals surface area contributed by atoms with Gasteiger partial charge in [0.05, 0.1) is 13.0 Å². The van der Waals surface area contributed by atoms with E-state index in [2.05, 4.69) is 28.7 Å². The predicted octanol–water partition coefficient (Wildman–Crippen LogP) is 2.30. The number of aryl methyl sites for hydroxylation is 1. The Bertz CT molecular complexity index is 488. The van der Waals surface area contributed by atoms with Crippen molar-refractivity contribution >= 4 is 11.8 Å². The highest BCUT2D eigenvalue weighted by Crippen LogP contribution is 2.24. The topological polar surface area (TPSA) is 55.3 Å². The van der Waals surface area contributed by atoms with Crippen LogP contribution in [0.2, 0.25) is 0 Å². The predicted molar refractivity (Wildman–Crippen MR) is 77.8 cm³/mol. The Morgan fingerprint density at radius 1 is 1.45 bits per heavy atom. The van der Waals surface area contributed by atoms with Gasteiger partial charge in [-0.05, 0) is 19.8 Å². The first-order valence-electron chi connectivity index (χ1n) is 7.19. The molecule has 1 saturated heterocycles. The first kappa shape index (κ1) is 14.8. The minimum atomic E-state index is -0.121. The molecule has 1 aliphatic heterocycles. The summed E-state index contributed by atoms with van der Waals surface area (Å²) in [5.74, 6) is 1.92. The Morgan fingerprint density at radius 3 is 2.85 bits per heavy atom. The molecule has 1 aliphatic rings. The van der Waals surface area contributed by atoms with Crippen molar-refractivity contribution in [3.8, 4) is 0 Å². The number of nitrogens with zero attached hydrogens (tertiary/aromatic N) is 3. The number of hydrogen-bond acceptors (Lipinski definition) is 5. The minimum absolute atomic E-state index is 0.0495. The molecule has 1 fully saturated rings. The number of hydrogen-bond donors (Lipinski definition) is 0. The van der Waals surface area contributed by atoms with E-state index in [0.717, 1.165) is 36.7 Å². The Labute approximate surface area is 120 Å². The molecule has 0 N–H and O–H groups in total. The van der Waals surface area contributed by atoms with Crippen molar-refractivity contribution in [3.05, 3.63) is 17.6 Å². The second-order valence-corrected chi connectivity index (χ2v) is 5.69. The van der Waals surface area contributed by atoms with E-state index < -0.39 is 0 Å². The lowest BCUT2D eigenvalue weighted by molar-refractivity contribution is -0.145. The molecule has 0 aromatic carbocycles. The number of aromatic nitrogens is 2. The monoisotopic (exact) mass is 277 g/mol. The average molecular weight is 277 g/mol. The summed E-state index contributed by atoms with van der Waals surface area (Å²) in [7, 11) is 1.45. The summed E-state index contributed by atoms with van der Waals surface area (Å²) in [6.07, 6.45) is 1.88. The van der Waals surface area contributed by atoms with Crippen LogP contribution in [0.5, 0.6) is 0 Å². The lowest BCUT2D eigenvalue weighted by Crippen LogP contribution is -2.39. The molecule has 20 heavy (non-hydrogen) atoms. The van der Waals surface area contributed by atoms with Crippen molar-refractivity contribution in [3.63, 3.8) is 0 Å². The third kappa shape index (κ3) is 3.26. The molecule has 0 aliphatic carbocycles. The van der Waals surface area contributed by atoms with E-state index in [0.29, 0.717) is 12.5 Å². The zero-order valence-corrected chi connectivity index (χ0v) is 12.7. The molecule has 5 nitrogen and oxygen atoms in total. The summed E-state index contributed by atoms with van der Waals surface area (Å²) < 4.78 is 4.86. The molecule has 0 amide bonds. The molecule has 2 heterocycles. The SMILES string of the molecule is COC(=O)C1CCCN(c2cc(C)nc(C(C)C)n2)C1. The van der Waals surface area contributed by atoms with E-state index in [9.17, 15) is 4.79 Å². The average Bonchev–Trinajstić information content (AvgIpc) is 2.45. The Kier molecular flexibility index (Phi) is 4.57. The molecule has 0 bridgehead atoms. The highest BCUT2D eigenvalue weighted by Gasteiger charge is 2.27. The van der Waals surface area contributed by atoms with Gasteiger partial charge < -0.3 is 9.64 Å². The van der Waals surface area contributed by atoms with Gasteiger partial charge in [0.15, 0.2) is 0 Å². The van der Waals surface area contributed by atoms with E-state index >= 15 is 0 Å². The number of esters is 1. The zero-order valence-electron chi connectivity index (χ0n) is 12.7. The van der Waals surface area contributed by atoms with Gasteiger partial charge >= 0.3 is 5.97 Å². The molecular weight excluding hydrogens is 254 g/mol. The van der Waals surface area contributed by atoms with Gasteiger partial charge in [-0.15, -0.1) is 0 Å². The quantitative estimate of drug-likeness (QED) is 0.793. The lowest BCUT2D eigenvalue weighted by Gasteiger charge is -2.32. The standard InChI is InChI=1S/C15H23N3O2/c1-10(2)14-16-11(3)8-13(17-14)18-7-5-6-12(9-18)15(19)20-4/h8,10,12H,5-7,9H2,1-4H3. The molecule has 0 spiro atoms. The van der Waals surface area contributed by atoms with Crippen molar-refractivity contribution in [1.29, 1.82) is 0 Å². The van der Waals surface area contributed by atoms with E-state index in [1.807, 2.05) is 13.0 Å². The van der Waals surface area contributed by atoms with E-state index in [1.54, 1.807) is 0 Å². The highest BCUT2D eigenvalue weighted by atomic mass is 16.5. The number of rotatable bonds is 3. The van der Waals surface area contributed by atoms with Crippen molar-refractivity contribution in [1.82, 2.24) is 9.97 Å². The molecule has 1 aromatic heterocycles. The largest absolute Gasteiger partial charge is 0.469 e. The van der Waals surface area contributed by atoms with Crippen LogP contribution in [0.3, 0.4) is 0 Å². The fourth-order valence-electron chi connectivity index (χ4n) is 2.54. The van der Waals surface area contributed by atoms with Crippen LogP contribution >= 0.6 is 0 Å². The van der Waals surface area contributed by atoms with E-state index in [4.69, 9.17) is 4.74 Å². The number of ether oxygens (including phenoxy) is 1. The van der Waals surface area contributed by atoms with Crippen LogP contribution in [0, 0.1) is 12.8 Å². The number of carbonyl (C=O) groups is 1. The number of piperidine rings is 1. The summed E-state index contributed by atoms with van der Waals surface area (Å²) in [6.45, 7) is 7.78. The van der Waals surface area contributed by atoms with E-state index in [-0.39, 0.29) is 11.9 Å². The van der Waals surface area contributed by atoms with Crippen LogP contribution in [-0.2, 0) is 9.53 Å². The van der Waals surface area contributed by atoms with Crippen molar-refractivity contribution < 1.29 is 9.53 Å². The molecular formula is C15H23N3O2. The van der Waals surface area contributed by atoms with Crippen LogP contribution in [0.25, 0.3) is 0 Å². The van der Waals surface area contributed by atoms with E-state index in [1.165, 1.54) is 7.11 Å². The maximum absolute atomic E-state index is 11.7. The van der Waals surface area contributed by atoms with Crippen molar-refractivity contribution in [2.24, 2.45) is 5.92 Å². The summed E-state index contributed by atoms with van der Waals surface area (Å²) in [6, 6.07) is 1.99. The van der Waals surface area contributed by atoms with Crippen LogP contribution < -0.4 is 4.90 Å². The first-order valence-corrected chi connectivity index (χ1v) is 7.19. The van der Waals surface area contributed by atoms with Crippen LogP contribution in [0.15, 0.2) is 6.07 Å². The number of anilines is 1. The van der Waals surface area contributed by atoms with Crippen molar-refractivity contribution in [2.45, 2.75) is 39.5 Å². The van der Waals surface area contributed by atoms with Gasteiger partial charge in [0.25, 0.3) is 0 Å². The summed E-state index contributed by atoms with van der Waals surface area (Å²) >= 11 is 0. The Balaban J connectivity index is 2.20. The smallest absolute Gasteiger partial charge is 0.310 e. The van der Waals surface area contributed by atoms with Crippen LogP contribution in [-0.4, -0.2) is 36.1 Å². The molecule has 2 rings (SSSR count). The van der Waals surface area contributed by atoms with Gasteiger partial charge in [-0.1, -0.05) is 13.8 Å². The normalized spacial score (nSPS) is 19.2. The maximum Gasteiger partial charge on any atom is 0.310 e. The van der Waals surface area contributed by atoms with Gasteiger partial charge in [0.2, 0.25) is 0 Å². The lowest BCUT2D eigenvalue weighted by atomic mass is 9.98. The fraction of sp³-hybridized carbons (Fsp3) is 0.667. The molecule has 5 heteroatoms.